The van der Waals surface area contributed by atoms with Gasteiger partial charge < -0.3 is 14.9 Å². The fourth-order valence-electron chi connectivity index (χ4n) is 1.02. The maximum Gasteiger partial charge on any atom is 0.381 e. The van der Waals surface area contributed by atoms with Crippen LogP contribution in [0.2, 0.25) is 0 Å². The van der Waals surface area contributed by atoms with Gasteiger partial charge in [0.1, 0.15) is 12.2 Å². The van der Waals surface area contributed by atoms with Gasteiger partial charge in [-0.15, -0.1) is 0 Å². The Bertz CT molecular complexity index is 374. The number of ether oxygens (including phenoxy) is 1. The van der Waals surface area contributed by atoms with Gasteiger partial charge in [0.05, 0.1) is 6.61 Å². The molecule has 0 amide bonds. The Labute approximate surface area is 85.8 Å². The van der Waals surface area contributed by atoms with Gasteiger partial charge in [-0.3, -0.25) is 4.57 Å². The highest BCUT2D eigenvalue weighted by molar-refractivity contribution is 5.73. The van der Waals surface area contributed by atoms with Gasteiger partial charge in [-0.2, -0.15) is 0 Å². The van der Waals surface area contributed by atoms with Crippen molar-refractivity contribution in [3.05, 3.63) is 22.6 Å². The maximum absolute atomic E-state index is 11.3. The Morgan fingerprint density at radius 3 is 2.93 bits per heavy atom. The number of carbonyl (C=O) groups is 1. The summed E-state index contributed by atoms with van der Waals surface area (Å²) in [6, 6.07) is -0.605. The SMILES string of the molecule is CCOC(=O)[C@H](C)n1cnc([N+](=O)[O-])c1. The molecular weight excluding hydrogens is 202 g/mol. The molecule has 0 N–H and O–H groups in total. The molecule has 7 heteroatoms. The van der Waals surface area contributed by atoms with Gasteiger partial charge in [0.2, 0.25) is 6.33 Å². The smallest absolute Gasteiger partial charge is 0.381 e. The zero-order valence-corrected chi connectivity index (χ0v) is 8.41. The van der Waals surface area contributed by atoms with Gasteiger partial charge in [-0.05, 0) is 23.8 Å². The molecule has 0 aliphatic heterocycles. The van der Waals surface area contributed by atoms with Crippen LogP contribution in [0.1, 0.15) is 19.9 Å². The molecule has 0 saturated carbocycles. The minimum atomic E-state index is -0.617. The molecular formula is C8H11N3O4. The van der Waals surface area contributed by atoms with Crippen LogP contribution < -0.4 is 0 Å². The lowest BCUT2D eigenvalue weighted by molar-refractivity contribution is -0.389. The Morgan fingerprint density at radius 1 is 1.80 bits per heavy atom. The first kappa shape index (κ1) is 11.2. The van der Waals surface area contributed by atoms with Crippen LogP contribution in [0.5, 0.6) is 0 Å². The standard InChI is InChI=1S/C8H11N3O4/c1-3-15-8(12)6(2)10-4-7(9-5-10)11(13)14/h4-6H,3H2,1-2H3/t6-/m0/s1. The quantitative estimate of drug-likeness (QED) is 0.421. The fraction of sp³-hybridized carbons (Fsp3) is 0.500. The van der Waals surface area contributed by atoms with E-state index in [1.165, 1.54) is 17.1 Å². The summed E-state index contributed by atoms with van der Waals surface area (Å²) in [6.45, 7) is 3.56. The molecule has 82 valence electrons. The van der Waals surface area contributed by atoms with Gasteiger partial charge in [-0.1, -0.05) is 0 Å². The van der Waals surface area contributed by atoms with Crippen molar-refractivity contribution in [2.24, 2.45) is 0 Å². The summed E-state index contributed by atoms with van der Waals surface area (Å²) in [6.07, 6.45) is 2.43. The highest BCUT2D eigenvalue weighted by Crippen LogP contribution is 2.13. The lowest BCUT2D eigenvalue weighted by Crippen LogP contribution is -2.17. The highest BCUT2D eigenvalue weighted by Gasteiger charge is 2.20. The summed E-state index contributed by atoms with van der Waals surface area (Å²) >= 11 is 0. The molecule has 1 aromatic rings. The Morgan fingerprint density at radius 2 is 2.47 bits per heavy atom. The van der Waals surface area contributed by atoms with E-state index in [2.05, 4.69) is 4.98 Å². The van der Waals surface area contributed by atoms with Crippen LogP contribution in [0.3, 0.4) is 0 Å². The van der Waals surface area contributed by atoms with Crippen LogP contribution in [0.4, 0.5) is 5.82 Å². The second kappa shape index (κ2) is 4.54. The molecule has 0 saturated heterocycles. The van der Waals surface area contributed by atoms with E-state index < -0.39 is 16.9 Å². The van der Waals surface area contributed by atoms with Crippen LogP contribution in [0.25, 0.3) is 0 Å². The molecule has 1 atom stereocenters. The number of imidazole rings is 1. The van der Waals surface area contributed by atoms with Crippen molar-refractivity contribution >= 4 is 11.8 Å². The summed E-state index contributed by atoms with van der Waals surface area (Å²) in [5.41, 5.74) is 0. The van der Waals surface area contributed by atoms with Crippen molar-refractivity contribution in [2.75, 3.05) is 6.61 Å². The molecule has 0 fully saturated rings. The van der Waals surface area contributed by atoms with Crippen molar-refractivity contribution < 1.29 is 14.5 Å². The van der Waals surface area contributed by atoms with Crippen molar-refractivity contribution in [3.63, 3.8) is 0 Å². The summed E-state index contributed by atoms with van der Waals surface area (Å²) < 4.78 is 6.11. The monoisotopic (exact) mass is 213 g/mol. The number of carbonyl (C=O) groups excluding carboxylic acids is 1. The van der Waals surface area contributed by atoms with Gasteiger partial charge in [0.25, 0.3) is 0 Å². The summed E-state index contributed by atoms with van der Waals surface area (Å²) in [5.74, 6) is -0.726. The van der Waals surface area contributed by atoms with E-state index >= 15 is 0 Å². The lowest BCUT2D eigenvalue weighted by Gasteiger charge is -2.09. The minimum Gasteiger partial charge on any atom is -0.464 e. The average molecular weight is 213 g/mol. The Hall–Kier alpha value is -1.92. The maximum atomic E-state index is 11.3. The Kier molecular flexibility index (Phi) is 3.37. The average Bonchev–Trinajstić information content (AvgIpc) is 2.65. The molecule has 0 unspecified atom stereocenters. The summed E-state index contributed by atoms with van der Waals surface area (Å²) in [4.78, 5) is 24.5. The molecule has 1 rings (SSSR count). The molecule has 0 aliphatic rings. The predicted molar refractivity (Wildman–Crippen MR) is 50.2 cm³/mol. The van der Waals surface area contributed by atoms with Crippen LogP contribution >= 0.6 is 0 Å². The van der Waals surface area contributed by atoms with Crippen molar-refractivity contribution in [3.8, 4) is 0 Å². The first-order valence-electron chi connectivity index (χ1n) is 4.40. The van der Waals surface area contributed by atoms with Crippen LogP contribution in [0.15, 0.2) is 12.5 Å². The molecule has 0 radical (unpaired) electrons. The zero-order valence-electron chi connectivity index (χ0n) is 8.41. The highest BCUT2D eigenvalue weighted by atomic mass is 16.6. The summed E-state index contributed by atoms with van der Waals surface area (Å²) in [5, 5.41) is 10.3. The number of aromatic nitrogens is 2. The first-order chi connectivity index (χ1) is 7.06. The van der Waals surface area contributed by atoms with Crippen molar-refractivity contribution in [1.29, 1.82) is 0 Å². The Balaban J connectivity index is 2.78. The molecule has 0 bridgehead atoms. The minimum absolute atomic E-state index is 0.278. The normalized spacial score (nSPS) is 12.1. The molecule has 0 aliphatic carbocycles. The van der Waals surface area contributed by atoms with E-state index in [1.54, 1.807) is 13.8 Å². The van der Waals surface area contributed by atoms with Crippen LogP contribution in [-0.4, -0.2) is 27.1 Å². The van der Waals surface area contributed by atoms with E-state index in [0.29, 0.717) is 0 Å². The van der Waals surface area contributed by atoms with Crippen molar-refractivity contribution in [1.82, 2.24) is 9.55 Å². The van der Waals surface area contributed by atoms with E-state index in [4.69, 9.17) is 4.74 Å². The fourth-order valence-corrected chi connectivity index (χ4v) is 1.02. The number of nitro groups is 1. The first-order valence-corrected chi connectivity index (χ1v) is 4.40. The molecule has 0 spiro atoms. The number of hydrogen-bond acceptors (Lipinski definition) is 5. The molecule has 7 nitrogen and oxygen atoms in total. The zero-order chi connectivity index (χ0) is 11.4. The number of rotatable bonds is 4. The third-order valence-electron chi connectivity index (χ3n) is 1.85. The second-order valence-corrected chi connectivity index (χ2v) is 2.86. The van der Waals surface area contributed by atoms with E-state index in [0.717, 1.165) is 0 Å². The molecule has 1 heterocycles. The molecule has 0 aromatic carbocycles. The van der Waals surface area contributed by atoms with Gasteiger partial charge >= 0.3 is 11.8 Å². The third-order valence-corrected chi connectivity index (χ3v) is 1.85. The van der Waals surface area contributed by atoms with Crippen LogP contribution in [0, 0.1) is 10.1 Å². The van der Waals surface area contributed by atoms with Gasteiger partial charge in [0.15, 0.2) is 0 Å². The number of esters is 1. The second-order valence-electron chi connectivity index (χ2n) is 2.86. The number of hydrogen-bond donors (Lipinski definition) is 0. The number of nitrogens with zero attached hydrogens (tertiary/aromatic N) is 3. The van der Waals surface area contributed by atoms with Gasteiger partial charge in [-0.25, -0.2) is 4.79 Å². The third kappa shape index (κ3) is 2.52. The predicted octanol–water partition coefficient (Wildman–Crippen LogP) is 0.915. The van der Waals surface area contributed by atoms with E-state index in [1.807, 2.05) is 0 Å². The van der Waals surface area contributed by atoms with E-state index in [-0.39, 0.29) is 12.4 Å². The summed E-state index contributed by atoms with van der Waals surface area (Å²) in [7, 11) is 0. The topological polar surface area (TPSA) is 87.3 Å². The van der Waals surface area contributed by atoms with Crippen molar-refractivity contribution in [2.45, 2.75) is 19.9 Å². The lowest BCUT2D eigenvalue weighted by atomic mass is 10.3. The molecule has 1 aromatic heterocycles. The van der Waals surface area contributed by atoms with Gasteiger partial charge in [0, 0.05) is 0 Å². The van der Waals surface area contributed by atoms with Crippen LogP contribution in [-0.2, 0) is 9.53 Å². The molecule has 15 heavy (non-hydrogen) atoms. The largest absolute Gasteiger partial charge is 0.464 e. The van der Waals surface area contributed by atoms with E-state index in [9.17, 15) is 14.9 Å².